The van der Waals surface area contributed by atoms with Gasteiger partial charge in [-0.05, 0) is 23.8 Å². The third kappa shape index (κ3) is 1.88. The third-order valence-corrected chi connectivity index (χ3v) is 3.22. The molecule has 0 aliphatic heterocycles. The largest absolute Gasteiger partial charge is 0.368 e. The lowest BCUT2D eigenvalue weighted by Crippen LogP contribution is -1.96. The van der Waals surface area contributed by atoms with Crippen molar-refractivity contribution in [2.24, 2.45) is 0 Å². The van der Waals surface area contributed by atoms with Crippen LogP contribution in [0.2, 0.25) is 0 Å². The summed E-state index contributed by atoms with van der Waals surface area (Å²) in [4.78, 5) is 9.40. The van der Waals surface area contributed by atoms with Crippen LogP contribution >= 0.6 is 23.1 Å². The predicted molar refractivity (Wildman–Crippen MR) is 61.5 cm³/mol. The molecule has 0 bridgehead atoms. The van der Waals surface area contributed by atoms with Crippen LogP contribution in [0.4, 0.5) is 5.95 Å². The zero-order valence-electron chi connectivity index (χ0n) is 7.60. The van der Waals surface area contributed by atoms with E-state index in [-0.39, 0.29) is 0 Å². The van der Waals surface area contributed by atoms with Crippen molar-refractivity contribution in [2.75, 3.05) is 12.0 Å². The molecule has 0 saturated carbocycles. The maximum atomic E-state index is 5.61. The van der Waals surface area contributed by atoms with Gasteiger partial charge in [0.2, 0.25) is 5.95 Å². The fraction of sp³-hybridized carbons (Fsp3) is 0.111. The Kier molecular flexibility index (Phi) is 2.69. The second-order valence-electron chi connectivity index (χ2n) is 2.63. The Morgan fingerprint density at radius 2 is 2.29 bits per heavy atom. The quantitative estimate of drug-likeness (QED) is 0.628. The minimum atomic E-state index is 0.334. The smallest absolute Gasteiger partial charge is 0.221 e. The van der Waals surface area contributed by atoms with Crippen LogP contribution in [0.5, 0.6) is 0 Å². The summed E-state index contributed by atoms with van der Waals surface area (Å²) < 4.78 is 0. The van der Waals surface area contributed by atoms with Gasteiger partial charge in [0.05, 0.1) is 10.6 Å². The minimum absolute atomic E-state index is 0.334. The topological polar surface area (TPSA) is 51.8 Å². The lowest BCUT2D eigenvalue weighted by molar-refractivity contribution is 1.08. The zero-order valence-corrected chi connectivity index (χ0v) is 9.23. The van der Waals surface area contributed by atoms with E-state index < -0.39 is 0 Å². The van der Waals surface area contributed by atoms with Gasteiger partial charge in [-0.25, -0.2) is 9.97 Å². The molecule has 2 N–H and O–H groups in total. The first-order valence-electron chi connectivity index (χ1n) is 4.02. The van der Waals surface area contributed by atoms with E-state index in [0.29, 0.717) is 5.95 Å². The highest BCUT2D eigenvalue weighted by Gasteiger charge is 2.04. The van der Waals surface area contributed by atoms with Gasteiger partial charge in [-0.1, -0.05) is 6.07 Å². The Morgan fingerprint density at radius 3 is 2.93 bits per heavy atom. The number of thiophene rings is 1. The molecule has 0 atom stereocenters. The fourth-order valence-corrected chi connectivity index (χ4v) is 2.20. The van der Waals surface area contributed by atoms with E-state index in [1.54, 1.807) is 23.1 Å². The molecule has 0 aromatic carbocycles. The van der Waals surface area contributed by atoms with Crippen molar-refractivity contribution in [3.05, 3.63) is 23.6 Å². The summed E-state index contributed by atoms with van der Waals surface area (Å²) in [5.41, 5.74) is 6.51. The number of nitrogens with zero attached hydrogens (tertiary/aromatic N) is 2. The van der Waals surface area contributed by atoms with E-state index >= 15 is 0 Å². The van der Waals surface area contributed by atoms with Crippen LogP contribution in [0.1, 0.15) is 0 Å². The number of hydrogen-bond acceptors (Lipinski definition) is 5. The summed E-state index contributed by atoms with van der Waals surface area (Å²) in [6, 6.07) is 5.97. The second kappa shape index (κ2) is 3.98. The monoisotopic (exact) mass is 223 g/mol. The van der Waals surface area contributed by atoms with Crippen LogP contribution in [0.3, 0.4) is 0 Å². The van der Waals surface area contributed by atoms with Gasteiger partial charge < -0.3 is 5.73 Å². The first-order valence-corrected chi connectivity index (χ1v) is 6.12. The highest BCUT2D eigenvalue weighted by atomic mass is 32.2. The van der Waals surface area contributed by atoms with E-state index in [9.17, 15) is 0 Å². The Bertz CT molecular complexity index is 426. The molecule has 2 rings (SSSR count). The van der Waals surface area contributed by atoms with Gasteiger partial charge in [-0.2, -0.15) is 0 Å². The predicted octanol–water partition coefficient (Wildman–Crippen LogP) is 2.51. The van der Waals surface area contributed by atoms with Gasteiger partial charge in [0, 0.05) is 0 Å². The molecule has 0 fully saturated rings. The Hall–Kier alpha value is -1.07. The molecular formula is C9H9N3S2. The number of thioether (sulfide) groups is 1. The summed E-state index contributed by atoms with van der Waals surface area (Å²) in [5, 5.41) is 2.92. The van der Waals surface area contributed by atoms with Crippen LogP contribution in [0, 0.1) is 0 Å². The molecule has 72 valence electrons. The number of aromatic nitrogens is 2. The molecule has 5 heteroatoms. The summed E-state index contributed by atoms with van der Waals surface area (Å²) >= 11 is 3.22. The van der Waals surface area contributed by atoms with E-state index in [4.69, 9.17) is 5.73 Å². The van der Waals surface area contributed by atoms with Crippen LogP contribution in [0.15, 0.2) is 28.6 Å². The fourth-order valence-electron chi connectivity index (χ4n) is 1.10. The number of hydrogen-bond donors (Lipinski definition) is 1. The zero-order chi connectivity index (χ0) is 9.97. The van der Waals surface area contributed by atoms with Crippen LogP contribution in [-0.2, 0) is 0 Å². The molecule has 0 spiro atoms. The molecule has 0 aliphatic carbocycles. The summed E-state index contributed by atoms with van der Waals surface area (Å²) in [6.45, 7) is 0. The lowest BCUT2D eigenvalue weighted by Gasteiger charge is -2.01. The highest BCUT2D eigenvalue weighted by Crippen LogP contribution is 2.25. The minimum Gasteiger partial charge on any atom is -0.368 e. The van der Waals surface area contributed by atoms with Crippen molar-refractivity contribution < 1.29 is 0 Å². The van der Waals surface area contributed by atoms with Crippen LogP contribution < -0.4 is 5.73 Å². The number of nitrogens with two attached hydrogens (primary N) is 1. The molecule has 2 aromatic heterocycles. The van der Waals surface area contributed by atoms with Crippen LogP contribution in [0.25, 0.3) is 10.6 Å². The van der Waals surface area contributed by atoms with Crippen molar-refractivity contribution in [3.63, 3.8) is 0 Å². The van der Waals surface area contributed by atoms with Crippen molar-refractivity contribution in [3.8, 4) is 10.6 Å². The Morgan fingerprint density at radius 1 is 1.43 bits per heavy atom. The normalized spacial score (nSPS) is 10.4. The van der Waals surface area contributed by atoms with Gasteiger partial charge in [0.15, 0.2) is 0 Å². The summed E-state index contributed by atoms with van der Waals surface area (Å²) in [5.74, 6) is 0.334. The summed E-state index contributed by atoms with van der Waals surface area (Å²) in [6.07, 6.45) is 1.97. The molecule has 2 heterocycles. The molecule has 0 radical (unpaired) electrons. The van der Waals surface area contributed by atoms with Crippen molar-refractivity contribution in [2.45, 2.75) is 5.03 Å². The number of rotatable bonds is 2. The standard InChI is InChI=1S/C9H9N3S2/c1-13-8-5-6(11-9(10)12-8)7-3-2-4-14-7/h2-5H,1H3,(H2,10,11,12). The summed E-state index contributed by atoms with van der Waals surface area (Å²) in [7, 11) is 0. The van der Waals surface area contributed by atoms with E-state index in [0.717, 1.165) is 15.6 Å². The van der Waals surface area contributed by atoms with Gasteiger partial charge in [0.25, 0.3) is 0 Å². The van der Waals surface area contributed by atoms with Gasteiger partial charge in [-0.15, -0.1) is 23.1 Å². The van der Waals surface area contributed by atoms with Crippen LogP contribution in [-0.4, -0.2) is 16.2 Å². The van der Waals surface area contributed by atoms with Gasteiger partial charge in [0.1, 0.15) is 5.03 Å². The molecule has 3 nitrogen and oxygen atoms in total. The molecule has 0 amide bonds. The lowest BCUT2D eigenvalue weighted by atomic mass is 10.3. The average molecular weight is 223 g/mol. The maximum absolute atomic E-state index is 5.61. The molecule has 0 unspecified atom stereocenters. The maximum Gasteiger partial charge on any atom is 0.221 e. The second-order valence-corrected chi connectivity index (χ2v) is 4.41. The van der Waals surface area contributed by atoms with Crippen molar-refractivity contribution >= 4 is 29.0 Å². The average Bonchev–Trinajstić information content (AvgIpc) is 2.69. The molecule has 2 aromatic rings. The van der Waals surface area contributed by atoms with Gasteiger partial charge >= 0.3 is 0 Å². The Labute approximate surface area is 90.4 Å². The number of anilines is 1. The first kappa shape index (κ1) is 9.48. The Balaban J connectivity index is 2.48. The highest BCUT2D eigenvalue weighted by molar-refractivity contribution is 7.98. The SMILES string of the molecule is CSc1cc(-c2cccs2)nc(N)n1. The third-order valence-electron chi connectivity index (χ3n) is 1.70. The van der Waals surface area contributed by atoms with E-state index in [2.05, 4.69) is 9.97 Å². The first-order chi connectivity index (χ1) is 6.79. The van der Waals surface area contributed by atoms with E-state index in [1.807, 2.05) is 29.8 Å². The van der Waals surface area contributed by atoms with Gasteiger partial charge in [-0.3, -0.25) is 0 Å². The molecule has 0 aliphatic rings. The molecule has 14 heavy (non-hydrogen) atoms. The van der Waals surface area contributed by atoms with Crippen molar-refractivity contribution in [1.29, 1.82) is 0 Å². The van der Waals surface area contributed by atoms with E-state index in [1.165, 1.54) is 0 Å². The molecule has 0 saturated heterocycles. The molecular weight excluding hydrogens is 214 g/mol. The van der Waals surface area contributed by atoms with Crippen molar-refractivity contribution in [1.82, 2.24) is 9.97 Å². The number of nitrogen functional groups attached to an aromatic ring is 1.